The summed E-state index contributed by atoms with van der Waals surface area (Å²) >= 11 is 0. The Bertz CT molecular complexity index is 2250. The lowest BCUT2D eigenvalue weighted by molar-refractivity contribution is -0.136. The summed E-state index contributed by atoms with van der Waals surface area (Å²) in [6.45, 7) is 13.4. The maximum Gasteiger partial charge on any atom is 0.262 e. The average molecular weight is 854 g/mol. The fraction of sp³-hybridized carbons (Fsp3) is 0.535. The Hall–Kier alpha value is -5.60. The van der Waals surface area contributed by atoms with E-state index < -0.39 is 29.7 Å². The Morgan fingerprint density at radius 2 is 1.55 bits per heavy atom. The van der Waals surface area contributed by atoms with Crippen LogP contribution >= 0.6 is 0 Å². The number of anilines is 3. The van der Waals surface area contributed by atoms with E-state index in [1.54, 1.807) is 37.7 Å². The Balaban J connectivity index is 0.720. The summed E-state index contributed by atoms with van der Waals surface area (Å²) in [4.78, 5) is 76.6. The normalized spacial score (nSPS) is 19.2. The molecular formula is C43H55N11O8. The van der Waals surface area contributed by atoms with Crippen molar-refractivity contribution in [2.75, 3.05) is 96.1 Å². The predicted octanol–water partition coefficient (Wildman–Crippen LogP) is 2.79. The van der Waals surface area contributed by atoms with Crippen LogP contribution in [0.4, 0.5) is 17.6 Å². The van der Waals surface area contributed by atoms with Gasteiger partial charge in [-0.1, -0.05) is 0 Å². The molecule has 330 valence electrons. The molecule has 0 radical (unpaired) electrons. The number of piperazine rings is 1. The number of carbonyl (C=O) groups is 4. The lowest BCUT2D eigenvalue weighted by Crippen LogP contribution is -2.54. The SMILES string of the molecule is COC1CCN(c2nccc(Nc3cc4c(cn3)nc(COCCOCCN3CCN(CCOc5ccc6c(c5)C(=O)N(C5CCC(=O)NC5=O)C6=O)CC3)n4C(C)C)n2)CC1. The summed E-state index contributed by atoms with van der Waals surface area (Å²) in [5, 5.41) is 5.57. The van der Waals surface area contributed by atoms with Gasteiger partial charge in [-0.25, -0.2) is 15.0 Å². The van der Waals surface area contributed by atoms with Crippen molar-refractivity contribution in [2.45, 2.75) is 64.3 Å². The number of carbonyl (C=O) groups excluding carboxylic acids is 4. The summed E-state index contributed by atoms with van der Waals surface area (Å²) in [6.07, 6.45) is 5.93. The molecule has 19 heteroatoms. The van der Waals surface area contributed by atoms with Gasteiger partial charge in [0.15, 0.2) is 0 Å². The number of methoxy groups -OCH3 is 1. The minimum atomic E-state index is -0.998. The van der Waals surface area contributed by atoms with E-state index in [1.807, 2.05) is 12.1 Å². The molecule has 2 N–H and O–H groups in total. The van der Waals surface area contributed by atoms with E-state index in [0.717, 1.165) is 80.4 Å². The maximum absolute atomic E-state index is 13.1. The van der Waals surface area contributed by atoms with Gasteiger partial charge in [0, 0.05) is 84.2 Å². The fourth-order valence-corrected chi connectivity index (χ4v) is 8.43. The number of pyridine rings is 1. The molecule has 4 aliphatic heterocycles. The second kappa shape index (κ2) is 19.6. The molecule has 0 bridgehead atoms. The van der Waals surface area contributed by atoms with E-state index in [-0.39, 0.29) is 36.1 Å². The van der Waals surface area contributed by atoms with Gasteiger partial charge in [0.2, 0.25) is 17.8 Å². The van der Waals surface area contributed by atoms with Crippen LogP contribution in [-0.2, 0) is 30.4 Å². The van der Waals surface area contributed by atoms with E-state index >= 15 is 0 Å². The van der Waals surface area contributed by atoms with Crippen LogP contribution in [0.5, 0.6) is 5.75 Å². The average Bonchev–Trinajstić information content (AvgIpc) is 3.76. The van der Waals surface area contributed by atoms with Crippen molar-refractivity contribution in [3.05, 3.63) is 59.7 Å². The first kappa shape index (κ1) is 43.1. The van der Waals surface area contributed by atoms with Gasteiger partial charge in [-0.3, -0.25) is 39.2 Å². The van der Waals surface area contributed by atoms with Crippen LogP contribution in [0.25, 0.3) is 11.0 Å². The highest BCUT2D eigenvalue weighted by Crippen LogP contribution is 2.31. The largest absolute Gasteiger partial charge is 0.492 e. The minimum Gasteiger partial charge on any atom is -0.492 e. The van der Waals surface area contributed by atoms with Gasteiger partial charge in [0.1, 0.15) is 48.0 Å². The highest BCUT2D eigenvalue weighted by Gasteiger charge is 2.44. The third-order valence-electron chi connectivity index (χ3n) is 11.8. The number of nitrogens with one attached hydrogen (secondary N) is 2. The lowest BCUT2D eigenvalue weighted by Gasteiger charge is -2.34. The molecule has 0 saturated carbocycles. The van der Waals surface area contributed by atoms with E-state index in [4.69, 9.17) is 28.9 Å². The number of imide groups is 2. The molecule has 4 aromatic rings. The highest BCUT2D eigenvalue weighted by molar-refractivity contribution is 6.23. The number of benzene rings is 1. The van der Waals surface area contributed by atoms with Crippen LogP contribution < -0.4 is 20.3 Å². The van der Waals surface area contributed by atoms with E-state index in [1.165, 1.54) is 0 Å². The van der Waals surface area contributed by atoms with Crippen molar-refractivity contribution in [2.24, 2.45) is 0 Å². The summed E-state index contributed by atoms with van der Waals surface area (Å²) < 4.78 is 25.6. The second-order valence-corrected chi connectivity index (χ2v) is 16.2. The number of hydrogen-bond acceptors (Lipinski definition) is 16. The van der Waals surface area contributed by atoms with Gasteiger partial charge in [0.25, 0.3) is 11.8 Å². The smallest absolute Gasteiger partial charge is 0.262 e. The van der Waals surface area contributed by atoms with E-state index in [2.05, 4.69) is 53.7 Å². The van der Waals surface area contributed by atoms with Crippen molar-refractivity contribution >= 4 is 52.2 Å². The van der Waals surface area contributed by atoms with Crippen molar-refractivity contribution in [3.63, 3.8) is 0 Å². The Morgan fingerprint density at radius 3 is 2.29 bits per heavy atom. The van der Waals surface area contributed by atoms with Gasteiger partial charge in [-0.2, -0.15) is 4.98 Å². The molecule has 0 aliphatic carbocycles. The number of amides is 4. The highest BCUT2D eigenvalue weighted by atomic mass is 16.5. The molecule has 4 amide bonds. The molecule has 3 saturated heterocycles. The molecule has 8 rings (SSSR count). The molecule has 1 atom stereocenters. The first-order valence-electron chi connectivity index (χ1n) is 21.5. The first-order valence-corrected chi connectivity index (χ1v) is 21.5. The molecule has 3 aromatic heterocycles. The lowest BCUT2D eigenvalue weighted by atomic mass is 10.0. The van der Waals surface area contributed by atoms with E-state index in [0.29, 0.717) is 62.9 Å². The number of nitrogens with zero attached hydrogens (tertiary/aromatic N) is 9. The Labute approximate surface area is 360 Å². The maximum atomic E-state index is 13.1. The summed E-state index contributed by atoms with van der Waals surface area (Å²) in [6, 6.07) is 7.79. The number of rotatable bonds is 18. The predicted molar refractivity (Wildman–Crippen MR) is 227 cm³/mol. The molecule has 1 unspecified atom stereocenters. The van der Waals surface area contributed by atoms with E-state index in [9.17, 15) is 19.2 Å². The minimum absolute atomic E-state index is 0.0755. The molecule has 3 fully saturated rings. The molecule has 4 aliphatic rings. The number of fused-ring (bicyclic) bond motifs is 2. The summed E-state index contributed by atoms with van der Waals surface area (Å²) in [5.41, 5.74) is 2.20. The second-order valence-electron chi connectivity index (χ2n) is 16.2. The number of ether oxygens (including phenoxy) is 4. The quantitative estimate of drug-likeness (QED) is 0.109. The molecular weight excluding hydrogens is 799 g/mol. The zero-order valence-corrected chi connectivity index (χ0v) is 35.6. The zero-order valence-electron chi connectivity index (χ0n) is 35.6. The van der Waals surface area contributed by atoms with Crippen LogP contribution in [0.2, 0.25) is 0 Å². The van der Waals surface area contributed by atoms with Crippen LogP contribution in [0.15, 0.2) is 42.7 Å². The van der Waals surface area contributed by atoms with Gasteiger partial charge in [0.05, 0.1) is 48.8 Å². The number of piperidine rings is 2. The summed E-state index contributed by atoms with van der Waals surface area (Å²) in [7, 11) is 1.76. The molecule has 62 heavy (non-hydrogen) atoms. The van der Waals surface area contributed by atoms with Gasteiger partial charge < -0.3 is 33.7 Å². The number of aromatic nitrogens is 5. The first-order chi connectivity index (χ1) is 30.1. The molecule has 19 nitrogen and oxygen atoms in total. The van der Waals surface area contributed by atoms with Crippen molar-refractivity contribution in [1.82, 2.24) is 44.5 Å². The topological polar surface area (TPSA) is 199 Å². The van der Waals surface area contributed by atoms with Crippen LogP contribution in [0.3, 0.4) is 0 Å². The Morgan fingerprint density at radius 1 is 0.806 bits per heavy atom. The standard InChI is InChI=1S/C43H55N11O8/c1-28(2)53-35-25-37(47-36-8-11-44-43(48-36)52-12-9-29(59-3)10-13-52)45-26-33(35)46-38(53)27-61-23-22-60-20-18-50-14-16-51(17-15-50)19-21-62-30-4-5-31-32(24-30)42(58)54(41(31)57)34-6-7-39(55)49-40(34)56/h4-5,8,11,24-26,28-29,34H,6-7,9-10,12-23,27H2,1-3H3,(H,49,55,56)(H,44,45,47,48). The summed E-state index contributed by atoms with van der Waals surface area (Å²) in [5.74, 6) is 1.24. The number of imidazole rings is 1. The number of hydrogen-bond donors (Lipinski definition) is 2. The van der Waals surface area contributed by atoms with Gasteiger partial charge >= 0.3 is 0 Å². The fourth-order valence-electron chi connectivity index (χ4n) is 8.43. The molecule has 0 spiro atoms. The van der Waals surface area contributed by atoms with Gasteiger partial charge in [-0.05, 0) is 57.4 Å². The molecule has 7 heterocycles. The van der Waals surface area contributed by atoms with Crippen LogP contribution in [0, 0.1) is 0 Å². The van der Waals surface area contributed by atoms with Crippen molar-refractivity contribution < 1.29 is 38.1 Å². The molecule has 1 aromatic carbocycles. The van der Waals surface area contributed by atoms with Crippen molar-refractivity contribution in [3.8, 4) is 5.75 Å². The van der Waals surface area contributed by atoms with Crippen LogP contribution in [0.1, 0.15) is 72.1 Å². The van der Waals surface area contributed by atoms with Crippen LogP contribution in [-0.4, -0.2) is 161 Å². The van der Waals surface area contributed by atoms with Gasteiger partial charge in [-0.15, -0.1) is 0 Å². The third kappa shape index (κ3) is 9.86. The zero-order chi connectivity index (χ0) is 43.2. The third-order valence-corrected chi connectivity index (χ3v) is 11.8. The Kier molecular flexibility index (Phi) is 13.6. The monoisotopic (exact) mass is 853 g/mol. The van der Waals surface area contributed by atoms with Crippen molar-refractivity contribution in [1.29, 1.82) is 0 Å².